The van der Waals surface area contributed by atoms with Gasteiger partial charge >= 0.3 is 0 Å². The van der Waals surface area contributed by atoms with Gasteiger partial charge < -0.3 is 14.4 Å². The summed E-state index contributed by atoms with van der Waals surface area (Å²) in [4.78, 5) is 15.4. The molecule has 0 radical (unpaired) electrons. The molecular formula is C29H29N3O3. The first-order valence-corrected chi connectivity index (χ1v) is 11.7. The quantitative estimate of drug-likeness (QED) is 0.377. The third kappa shape index (κ3) is 4.28. The Balaban J connectivity index is 1.50. The molecule has 0 bridgehead atoms. The van der Waals surface area contributed by atoms with E-state index in [-0.39, 0.29) is 17.5 Å². The molecule has 1 aliphatic rings. The van der Waals surface area contributed by atoms with E-state index in [2.05, 4.69) is 31.0 Å². The van der Waals surface area contributed by atoms with Crippen LogP contribution in [0.15, 0.2) is 78.9 Å². The van der Waals surface area contributed by atoms with E-state index in [1.165, 1.54) is 0 Å². The molecule has 178 valence electrons. The Morgan fingerprint density at radius 3 is 2.20 bits per heavy atom. The smallest absolute Gasteiger partial charge is 0.273 e. The van der Waals surface area contributed by atoms with Gasteiger partial charge in [0.05, 0.1) is 18.8 Å². The Kier molecular flexibility index (Phi) is 5.81. The summed E-state index contributed by atoms with van der Waals surface area (Å²) in [6.07, 6.45) is 0. The van der Waals surface area contributed by atoms with Crippen molar-refractivity contribution in [2.45, 2.75) is 39.0 Å². The fourth-order valence-corrected chi connectivity index (χ4v) is 4.61. The molecule has 4 aromatic rings. The maximum atomic E-state index is 13.5. The molecule has 1 unspecified atom stereocenters. The van der Waals surface area contributed by atoms with E-state index in [0.29, 0.717) is 12.3 Å². The summed E-state index contributed by atoms with van der Waals surface area (Å²) in [5.74, 6) is 1.51. The summed E-state index contributed by atoms with van der Waals surface area (Å²) in [6.45, 7) is 6.68. The standard InChI is InChI=1S/C29H29N3O3/c1-29(2,3)32-27(21-12-16-23(17-13-21)35-18-19-8-6-5-7-9-19)24-25(30-31-26(24)28(32)33)20-10-14-22(34-4)15-11-20/h5-17,27H,18H2,1-4H3,(H,30,31). The van der Waals surface area contributed by atoms with Gasteiger partial charge in [0.25, 0.3) is 5.91 Å². The SMILES string of the molecule is COc1ccc(-c2n[nH]c3c2C(c2ccc(OCc4ccccc4)cc2)N(C(C)(C)C)C3=O)cc1. The molecule has 2 heterocycles. The molecule has 0 fully saturated rings. The number of rotatable bonds is 6. The molecule has 1 N–H and O–H groups in total. The number of aromatic amines is 1. The van der Waals surface area contributed by atoms with Crippen LogP contribution in [0.25, 0.3) is 11.3 Å². The molecule has 1 aromatic heterocycles. The maximum absolute atomic E-state index is 13.5. The molecule has 3 aromatic carbocycles. The molecule has 0 saturated carbocycles. The van der Waals surface area contributed by atoms with Crippen molar-refractivity contribution in [1.82, 2.24) is 15.1 Å². The Labute approximate surface area is 205 Å². The van der Waals surface area contributed by atoms with Crippen LogP contribution >= 0.6 is 0 Å². The molecule has 1 atom stereocenters. The van der Waals surface area contributed by atoms with Crippen molar-refractivity contribution >= 4 is 5.91 Å². The molecule has 6 heteroatoms. The number of carbonyl (C=O) groups excluding carboxylic acids is 1. The molecule has 1 aliphatic heterocycles. The van der Waals surface area contributed by atoms with Gasteiger partial charge in [0.15, 0.2) is 0 Å². The minimum atomic E-state index is -0.388. The fourth-order valence-electron chi connectivity index (χ4n) is 4.61. The largest absolute Gasteiger partial charge is 0.497 e. The monoisotopic (exact) mass is 467 g/mol. The Bertz CT molecular complexity index is 1320. The van der Waals surface area contributed by atoms with Gasteiger partial charge in [0, 0.05) is 16.7 Å². The molecule has 0 aliphatic carbocycles. The van der Waals surface area contributed by atoms with Crippen LogP contribution < -0.4 is 9.47 Å². The van der Waals surface area contributed by atoms with E-state index >= 15 is 0 Å². The van der Waals surface area contributed by atoms with E-state index in [1.54, 1.807) is 7.11 Å². The lowest BCUT2D eigenvalue weighted by Crippen LogP contribution is -2.44. The van der Waals surface area contributed by atoms with Gasteiger partial charge in [-0.2, -0.15) is 5.10 Å². The number of hydrogen-bond donors (Lipinski definition) is 1. The number of hydrogen-bond acceptors (Lipinski definition) is 4. The van der Waals surface area contributed by atoms with E-state index in [0.717, 1.165) is 39.4 Å². The van der Waals surface area contributed by atoms with Crippen molar-refractivity contribution in [3.05, 3.63) is 101 Å². The number of fused-ring (bicyclic) bond motifs is 1. The average Bonchev–Trinajstić information content (AvgIpc) is 3.43. The fraction of sp³-hybridized carbons (Fsp3) is 0.241. The van der Waals surface area contributed by atoms with Crippen LogP contribution in [-0.2, 0) is 6.61 Å². The van der Waals surface area contributed by atoms with Crippen molar-refractivity contribution in [1.29, 1.82) is 0 Å². The highest BCUT2D eigenvalue weighted by atomic mass is 16.5. The molecule has 5 rings (SSSR count). The molecule has 35 heavy (non-hydrogen) atoms. The summed E-state index contributed by atoms with van der Waals surface area (Å²) in [6, 6.07) is 25.6. The molecule has 6 nitrogen and oxygen atoms in total. The van der Waals surface area contributed by atoms with Crippen LogP contribution in [0.3, 0.4) is 0 Å². The van der Waals surface area contributed by atoms with Crippen molar-refractivity contribution in [2.75, 3.05) is 7.11 Å². The highest BCUT2D eigenvalue weighted by molar-refractivity contribution is 6.00. The topological polar surface area (TPSA) is 67.5 Å². The lowest BCUT2D eigenvalue weighted by Gasteiger charge is -2.37. The predicted octanol–water partition coefficient (Wildman–Crippen LogP) is 6.01. The lowest BCUT2D eigenvalue weighted by atomic mass is 9.93. The normalized spacial score (nSPS) is 15.3. The second-order valence-corrected chi connectivity index (χ2v) is 9.68. The van der Waals surface area contributed by atoms with Crippen LogP contribution in [0.1, 0.15) is 54.0 Å². The van der Waals surface area contributed by atoms with E-state index in [1.807, 2.05) is 83.8 Å². The second-order valence-electron chi connectivity index (χ2n) is 9.68. The summed E-state index contributed by atoms with van der Waals surface area (Å²) in [7, 11) is 1.64. The number of methoxy groups -OCH3 is 1. The van der Waals surface area contributed by atoms with Crippen LogP contribution in [0, 0.1) is 0 Å². The third-order valence-electron chi connectivity index (χ3n) is 6.30. The molecule has 0 spiro atoms. The van der Waals surface area contributed by atoms with Gasteiger partial charge in [0.2, 0.25) is 0 Å². The number of carbonyl (C=O) groups is 1. The van der Waals surface area contributed by atoms with Gasteiger partial charge in [0.1, 0.15) is 23.8 Å². The van der Waals surface area contributed by atoms with Gasteiger partial charge in [-0.15, -0.1) is 0 Å². The first-order valence-electron chi connectivity index (χ1n) is 11.7. The maximum Gasteiger partial charge on any atom is 0.273 e. The summed E-state index contributed by atoms with van der Waals surface area (Å²) >= 11 is 0. The van der Waals surface area contributed by atoms with Crippen LogP contribution in [0.2, 0.25) is 0 Å². The summed E-state index contributed by atoms with van der Waals surface area (Å²) in [5, 5.41) is 7.57. The van der Waals surface area contributed by atoms with E-state index in [9.17, 15) is 4.79 Å². The van der Waals surface area contributed by atoms with Gasteiger partial charge in [-0.3, -0.25) is 9.89 Å². The number of ether oxygens (including phenoxy) is 2. The minimum absolute atomic E-state index is 0.0471. The third-order valence-corrected chi connectivity index (χ3v) is 6.30. The highest BCUT2D eigenvalue weighted by Gasteiger charge is 2.46. The number of nitrogens with zero attached hydrogens (tertiary/aromatic N) is 2. The average molecular weight is 468 g/mol. The van der Waals surface area contributed by atoms with Crippen molar-refractivity contribution in [2.24, 2.45) is 0 Å². The number of nitrogens with one attached hydrogen (secondary N) is 1. The zero-order valence-electron chi connectivity index (χ0n) is 20.4. The van der Waals surface area contributed by atoms with Gasteiger partial charge in [-0.05, 0) is 68.3 Å². The van der Waals surface area contributed by atoms with Gasteiger partial charge in [-0.1, -0.05) is 42.5 Å². The molecule has 0 saturated heterocycles. The van der Waals surface area contributed by atoms with Crippen LogP contribution in [-0.4, -0.2) is 33.7 Å². The number of H-pyrrole nitrogens is 1. The van der Waals surface area contributed by atoms with E-state index < -0.39 is 0 Å². The van der Waals surface area contributed by atoms with Crippen molar-refractivity contribution in [3.8, 4) is 22.8 Å². The van der Waals surface area contributed by atoms with Crippen molar-refractivity contribution < 1.29 is 14.3 Å². The summed E-state index contributed by atoms with van der Waals surface area (Å²) < 4.78 is 11.3. The predicted molar refractivity (Wildman–Crippen MR) is 136 cm³/mol. The van der Waals surface area contributed by atoms with Gasteiger partial charge in [-0.25, -0.2) is 0 Å². The zero-order chi connectivity index (χ0) is 24.6. The Morgan fingerprint density at radius 2 is 1.57 bits per heavy atom. The zero-order valence-corrected chi connectivity index (χ0v) is 20.4. The minimum Gasteiger partial charge on any atom is -0.497 e. The molecular weight excluding hydrogens is 438 g/mol. The van der Waals surface area contributed by atoms with Crippen LogP contribution in [0.5, 0.6) is 11.5 Å². The Hall–Kier alpha value is -4.06. The number of aromatic nitrogens is 2. The van der Waals surface area contributed by atoms with Crippen molar-refractivity contribution in [3.63, 3.8) is 0 Å². The highest BCUT2D eigenvalue weighted by Crippen LogP contribution is 2.46. The second kappa shape index (κ2) is 8.95. The first kappa shape index (κ1) is 22.7. The lowest BCUT2D eigenvalue weighted by molar-refractivity contribution is 0.0546. The number of amides is 1. The summed E-state index contributed by atoms with van der Waals surface area (Å²) in [5.41, 5.74) is 4.88. The van der Waals surface area contributed by atoms with Crippen LogP contribution in [0.4, 0.5) is 0 Å². The first-order chi connectivity index (χ1) is 16.9. The van der Waals surface area contributed by atoms with E-state index in [4.69, 9.17) is 9.47 Å². The molecule has 1 amide bonds. The Morgan fingerprint density at radius 1 is 0.914 bits per heavy atom. The number of benzene rings is 3.